The van der Waals surface area contributed by atoms with Crippen LogP contribution in [0.4, 0.5) is 5.69 Å². The van der Waals surface area contributed by atoms with Gasteiger partial charge in [0.15, 0.2) is 0 Å². The monoisotopic (exact) mass is 263 g/mol. The second-order valence-corrected chi connectivity index (χ2v) is 5.27. The van der Waals surface area contributed by atoms with Gasteiger partial charge in [0.25, 0.3) is 0 Å². The highest BCUT2D eigenvalue weighted by Gasteiger charge is 2.21. The molecule has 1 aromatic carbocycles. The van der Waals surface area contributed by atoms with E-state index in [-0.39, 0.29) is 6.04 Å². The molecule has 0 aliphatic carbocycles. The molecule has 96 valence electrons. The summed E-state index contributed by atoms with van der Waals surface area (Å²) in [6.07, 6.45) is 1.64. The molecule has 1 heterocycles. The van der Waals surface area contributed by atoms with E-state index in [9.17, 15) is 0 Å². The van der Waals surface area contributed by atoms with Crippen molar-refractivity contribution in [2.75, 3.05) is 18.0 Å². The first-order valence-corrected chi connectivity index (χ1v) is 6.70. The van der Waals surface area contributed by atoms with E-state index in [2.05, 4.69) is 23.2 Å². The highest BCUT2D eigenvalue weighted by molar-refractivity contribution is 6.30. The normalized spacial score (nSPS) is 24.4. The maximum absolute atomic E-state index is 8.86. The van der Waals surface area contributed by atoms with Gasteiger partial charge in [-0.15, -0.1) is 0 Å². The van der Waals surface area contributed by atoms with E-state index in [1.54, 1.807) is 0 Å². The molecule has 0 bridgehead atoms. The number of rotatable bonds is 2. The van der Waals surface area contributed by atoms with Gasteiger partial charge in [0.1, 0.15) is 0 Å². The zero-order valence-electron chi connectivity index (χ0n) is 10.6. The Morgan fingerprint density at radius 1 is 1.44 bits per heavy atom. The Bertz CT molecular complexity index is 424. The predicted octanol–water partition coefficient (Wildman–Crippen LogP) is 2.81. The lowest BCUT2D eigenvalue weighted by Crippen LogP contribution is -2.39. The molecule has 2 rings (SSSR count). The Balaban J connectivity index is 2.12. The Morgan fingerprint density at radius 2 is 2.17 bits per heavy atom. The second-order valence-electron chi connectivity index (χ2n) is 4.84. The SMILES string of the molecule is CC1CCN(c2ccc(Cl)cc2)CC(CC#N)N1. The van der Waals surface area contributed by atoms with Crippen molar-refractivity contribution in [1.29, 1.82) is 5.26 Å². The summed E-state index contributed by atoms with van der Waals surface area (Å²) in [5, 5.41) is 13.1. The van der Waals surface area contributed by atoms with Crippen molar-refractivity contribution in [1.82, 2.24) is 5.32 Å². The number of nitrogens with zero attached hydrogens (tertiary/aromatic N) is 2. The van der Waals surface area contributed by atoms with Gasteiger partial charge in [-0.05, 0) is 37.6 Å². The average Bonchev–Trinajstić information content (AvgIpc) is 2.53. The Kier molecular flexibility index (Phi) is 4.46. The van der Waals surface area contributed by atoms with Gasteiger partial charge in [0.05, 0.1) is 12.5 Å². The third kappa shape index (κ3) is 3.38. The van der Waals surface area contributed by atoms with Crippen LogP contribution < -0.4 is 10.2 Å². The van der Waals surface area contributed by atoms with Crippen molar-refractivity contribution < 1.29 is 0 Å². The van der Waals surface area contributed by atoms with Crippen LogP contribution in [0.2, 0.25) is 5.02 Å². The minimum atomic E-state index is 0.239. The number of nitrogens with one attached hydrogen (secondary N) is 1. The largest absolute Gasteiger partial charge is 0.370 e. The highest BCUT2D eigenvalue weighted by atomic mass is 35.5. The van der Waals surface area contributed by atoms with Crippen LogP contribution in [0.3, 0.4) is 0 Å². The molecule has 18 heavy (non-hydrogen) atoms. The van der Waals surface area contributed by atoms with Gasteiger partial charge in [-0.1, -0.05) is 11.6 Å². The Morgan fingerprint density at radius 3 is 2.83 bits per heavy atom. The van der Waals surface area contributed by atoms with Gasteiger partial charge in [0, 0.05) is 35.9 Å². The number of halogens is 1. The summed E-state index contributed by atoms with van der Waals surface area (Å²) < 4.78 is 0. The fraction of sp³-hybridized carbons (Fsp3) is 0.500. The Hall–Kier alpha value is -1.24. The molecule has 1 aliphatic rings. The molecule has 1 N–H and O–H groups in total. The number of anilines is 1. The smallest absolute Gasteiger partial charge is 0.0638 e. The first-order valence-electron chi connectivity index (χ1n) is 6.32. The van der Waals surface area contributed by atoms with Crippen molar-refractivity contribution in [2.45, 2.75) is 31.8 Å². The number of benzene rings is 1. The lowest BCUT2D eigenvalue weighted by Gasteiger charge is -2.25. The first-order chi connectivity index (χ1) is 8.69. The molecule has 1 aromatic rings. The van der Waals surface area contributed by atoms with Crippen LogP contribution >= 0.6 is 11.6 Å². The van der Waals surface area contributed by atoms with Gasteiger partial charge in [-0.3, -0.25) is 0 Å². The maximum Gasteiger partial charge on any atom is 0.0638 e. The Labute approximate surface area is 113 Å². The van der Waals surface area contributed by atoms with Crippen molar-refractivity contribution in [3.63, 3.8) is 0 Å². The minimum Gasteiger partial charge on any atom is -0.370 e. The average molecular weight is 264 g/mol. The van der Waals surface area contributed by atoms with Gasteiger partial charge in [-0.2, -0.15) is 5.26 Å². The van der Waals surface area contributed by atoms with E-state index in [1.807, 2.05) is 24.3 Å². The molecule has 1 saturated heterocycles. The van der Waals surface area contributed by atoms with E-state index in [0.717, 1.165) is 24.5 Å². The third-order valence-corrected chi connectivity index (χ3v) is 3.57. The van der Waals surface area contributed by atoms with Crippen molar-refractivity contribution in [3.8, 4) is 6.07 Å². The van der Waals surface area contributed by atoms with E-state index in [4.69, 9.17) is 16.9 Å². The maximum atomic E-state index is 8.86. The molecule has 0 radical (unpaired) electrons. The third-order valence-electron chi connectivity index (χ3n) is 3.32. The second kappa shape index (κ2) is 6.08. The summed E-state index contributed by atoms with van der Waals surface area (Å²) >= 11 is 5.91. The molecule has 2 atom stereocenters. The molecule has 0 spiro atoms. The molecule has 0 saturated carbocycles. The first kappa shape index (κ1) is 13.2. The van der Waals surface area contributed by atoms with E-state index < -0.39 is 0 Å². The van der Waals surface area contributed by atoms with Crippen LogP contribution in [0.15, 0.2) is 24.3 Å². The van der Waals surface area contributed by atoms with Crippen LogP contribution in [0.1, 0.15) is 19.8 Å². The summed E-state index contributed by atoms with van der Waals surface area (Å²) in [5.41, 5.74) is 1.18. The molecule has 4 heteroatoms. The summed E-state index contributed by atoms with van der Waals surface area (Å²) in [5.74, 6) is 0. The van der Waals surface area contributed by atoms with E-state index in [0.29, 0.717) is 12.5 Å². The lowest BCUT2D eigenvalue weighted by molar-refractivity contribution is 0.473. The molecule has 3 nitrogen and oxygen atoms in total. The summed E-state index contributed by atoms with van der Waals surface area (Å²) in [6, 6.07) is 10.9. The molecular weight excluding hydrogens is 246 g/mol. The molecule has 1 fully saturated rings. The van der Waals surface area contributed by atoms with Crippen LogP contribution in [0, 0.1) is 11.3 Å². The lowest BCUT2D eigenvalue weighted by atomic mass is 10.2. The fourth-order valence-electron chi connectivity index (χ4n) is 2.37. The van der Waals surface area contributed by atoms with Crippen LogP contribution in [-0.2, 0) is 0 Å². The predicted molar refractivity (Wildman–Crippen MR) is 74.9 cm³/mol. The number of hydrogen-bond acceptors (Lipinski definition) is 3. The van der Waals surface area contributed by atoms with Crippen molar-refractivity contribution in [2.24, 2.45) is 0 Å². The topological polar surface area (TPSA) is 39.1 Å². The zero-order chi connectivity index (χ0) is 13.0. The van der Waals surface area contributed by atoms with Crippen LogP contribution in [0.5, 0.6) is 0 Å². The van der Waals surface area contributed by atoms with Gasteiger partial charge in [-0.25, -0.2) is 0 Å². The van der Waals surface area contributed by atoms with Crippen LogP contribution in [0.25, 0.3) is 0 Å². The van der Waals surface area contributed by atoms with Gasteiger partial charge < -0.3 is 10.2 Å². The standard InChI is InChI=1S/C14H18ClN3/c1-11-7-9-18(10-13(17-11)6-8-16)14-4-2-12(15)3-5-14/h2-5,11,13,17H,6-7,9-10H2,1H3. The minimum absolute atomic E-state index is 0.239. The van der Waals surface area contributed by atoms with Crippen LogP contribution in [-0.4, -0.2) is 25.2 Å². The summed E-state index contributed by atoms with van der Waals surface area (Å²) in [4.78, 5) is 2.33. The highest BCUT2D eigenvalue weighted by Crippen LogP contribution is 2.20. The quantitative estimate of drug-likeness (QED) is 0.892. The van der Waals surface area contributed by atoms with Crippen molar-refractivity contribution >= 4 is 17.3 Å². The molecule has 0 amide bonds. The molecular formula is C14H18ClN3. The molecule has 1 aliphatic heterocycles. The van der Waals surface area contributed by atoms with E-state index >= 15 is 0 Å². The fourth-order valence-corrected chi connectivity index (χ4v) is 2.49. The number of nitriles is 1. The summed E-state index contributed by atoms with van der Waals surface area (Å²) in [7, 11) is 0. The van der Waals surface area contributed by atoms with E-state index in [1.165, 1.54) is 5.69 Å². The summed E-state index contributed by atoms with van der Waals surface area (Å²) in [6.45, 7) is 4.06. The molecule has 2 unspecified atom stereocenters. The zero-order valence-corrected chi connectivity index (χ0v) is 11.3. The van der Waals surface area contributed by atoms with Gasteiger partial charge >= 0.3 is 0 Å². The van der Waals surface area contributed by atoms with Crippen molar-refractivity contribution in [3.05, 3.63) is 29.3 Å². The van der Waals surface area contributed by atoms with Gasteiger partial charge in [0.2, 0.25) is 0 Å². The number of hydrogen-bond donors (Lipinski definition) is 1. The molecule has 0 aromatic heterocycles.